The molecule has 0 aliphatic rings. The van der Waals surface area contributed by atoms with E-state index in [9.17, 15) is 4.79 Å². The molecular weight excluding hydrogens is 352 g/mol. The normalized spacial score (nSPS) is 10.2. The van der Waals surface area contributed by atoms with Crippen LogP contribution in [-0.2, 0) is 11.3 Å². The van der Waals surface area contributed by atoms with Gasteiger partial charge in [-0.15, -0.1) is 10.2 Å². The Bertz CT molecular complexity index is 857. The third kappa shape index (κ3) is 5.19. The minimum absolute atomic E-state index is 0.0990. The van der Waals surface area contributed by atoms with Crippen molar-refractivity contribution < 1.29 is 9.53 Å². The summed E-state index contributed by atoms with van der Waals surface area (Å²) in [5.41, 5.74) is 0.964. The average Bonchev–Trinajstić information content (AvgIpc) is 2.68. The van der Waals surface area contributed by atoms with Gasteiger partial charge in [0.1, 0.15) is 11.6 Å². The van der Waals surface area contributed by atoms with Crippen molar-refractivity contribution in [3.63, 3.8) is 0 Å². The van der Waals surface area contributed by atoms with E-state index in [0.717, 1.165) is 5.56 Å². The summed E-state index contributed by atoms with van der Waals surface area (Å²) in [7, 11) is 0. The number of aromatic nitrogens is 2. The Kier molecular flexibility index (Phi) is 6.01. The molecule has 0 radical (unpaired) electrons. The lowest BCUT2D eigenvalue weighted by Gasteiger charge is -2.08. The molecule has 0 aliphatic carbocycles. The van der Waals surface area contributed by atoms with Crippen molar-refractivity contribution in [2.45, 2.75) is 6.54 Å². The molecule has 3 aromatic rings. The molecule has 1 aromatic heterocycles. The SMILES string of the molecule is O=C(COc1ccccc1)Nc1ccc(NCc2ccccc2Cl)nn1. The minimum Gasteiger partial charge on any atom is -0.484 e. The van der Waals surface area contributed by atoms with E-state index in [4.69, 9.17) is 16.3 Å². The Balaban J connectivity index is 1.48. The van der Waals surface area contributed by atoms with Gasteiger partial charge < -0.3 is 15.4 Å². The van der Waals surface area contributed by atoms with Crippen molar-refractivity contribution in [1.29, 1.82) is 0 Å². The molecule has 0 saturated carbocycles. The van der Waals surface area contributed by atoms with Gasteiger partial charge in [-0.25, -0.2) is 0 Å². The summed E-state index contributed by atoms with van der Waals surface area (Å²) in [4.78, 5) is 11.9. The number of anilines is 2. The van der Waals surface area contributed by atoms with Gasteiger partial charge in [0.25, 0.3) is 5.91 Å². The van der Waals surface area contributed by atoms with E-state index in [0.29, 0.717) is 29.0 Å². The monoisotopic (exact) mass is 368 g/mol. The average molecular weight is 369 g/mol. The second-order valence-corrected chi connectivity index (χ2v) is 5.81. The molecule has 1 amide bonds. The summed E-state index contributed by atoms with van der Waals surface area (Å²) >= 11 is 6.11. The summed E-state index contributed by atoms with van der Waals surface area (Å²) in [6, 6.07) is 20.1. The van der Waals surface area contributed by atoms with Gasteiger partial charge in [0.05, 0.1) is 0 Å². The molecule has 3 rings (SSSR count). The van der Waals surface area contributed by atoms with Gasteiger partial charge in [0.2, 0.25) is 0 Å². The van der Waals surface area contributed by atoms with Crippen molar-refractivity contribution >= 4 is 29.1 Å². The summed E-state index contributed by atoms with van der Waals surface area (Å²) in [6.07, 6.45) is 0. The predicted octanol–water partition coefficient (Wildman–Crippen LogP) is 3.76. The number of para-hydroxylation sites is 1. The summed E-state index contributed by atoms with van der Waals surface area (Å²) in [5.74, 6) is 1.27. The highest BCUT2D eigenvalue weighted by Gasteiger charge is 2.06. The maximum Gasteiger partial charge on any atom is 0.263 e. The van der Waals surface area contributed by atoms with Crippen LogP contribution in [0.1, 0.15) is 5.56 Å². The van der Waals surface area contributed by atoms with E-state index in [2.05, 4.69) is 20.8 Å². The van der Waals surface area contributed by atoms with Crippen LogP contribution >= 0.6 is 11.6 Å². The fourth-order valence-corrected chi connectivity index (χ4v) is 2.37. The number of nitrogens with zero attached hydrogens (tertiary/aromatic N) is 2. The van der Waals surface area contributed by atoms with E-state index in [1.165, 1.54) is 0 Å². The van der Waals surface area contributed by atoms with Crippen molar-refractivity contribution in [3.8, 4) is 5.75 Å². The van der Waals surface area contributed by atoms with Crippen LogP contribution in [0.25, 0.3) is 0 Å². The quantitative estimate of drug-likeness (QED) is 0.664. The first-order valence-electron chi connectivity index (χ1n) is 7.99. The molecule has 2 N–H and O–H groups in total. The lowest BCUT2D eigenvalue weighted by Crippen LogP contribution is -2.21. The number of carbonyl (C=O) groups is 1. The van der Waals surface area contributed by atoms with E-state index in [-0.39, 0.29) is 12.5 Å². The van der Waals surface area contributed by atoms with Crippen LogP contribution in [0.3, 0.4) is 0 Å². The first kappa shape index (κ1) is 17.7. The van der Waals surface area contributed by atoms with Crippen LogP contribution in [0, 0.1) is 0 Å². The van der Waals surface area contributed by atoms with Crippen molar-refractivity contribution in [2.24, 2.45) is 0 Å². The van der Waals surface area contributed by atoms with Gasteiger partial charge >= 0.3 is 0 Å². The highest BCUT2D eigenvalue weighted by atomic mass is 35.5. The van der Waals surface area contributed by atoms with E-state index in [1.807, 2.05) is 42.5 Å². The fourth-order valence-electron chi connectivity index (χ4n) is 2.17. The number of carbonyl (C=O) groups excluding carboxylic acids is 1. The maximum absolute atomic E-state index is 11.9. The molecule has 0 unspecified atom stereocenters. The van der Waals surface area contributed by atoms with Gasteiger partial charge in [-0.3, -0.25) is 4.79 Å². The lowest BCUT2D eigenvalue weighted by atomic mass is 10.2. The van der Waals surface area contributed by atoms with Crippen LogP contribution in [0.4, 0.5) is 11.6 Å². The number of benzene rings is 2. The van der Waals surface area contributed by atoms with Gasteiger partial charge in [0, 0.05) is 11.6 Å². The van der Waals surface area contributed by atoms with Gasteiger partial charge in [-0.05, 0) is 35.9 Å². The third-order valence-corrected chi connectivity index (χ3v) is 3.83. The Hall–Kier alpha value is -3.12. The van der Waals surface area contributed by atoms with E-state index >= 15 is 0 Å². The highest BCUT2D eigenvalue weighted by Crippen LogP contribution is 2.16. The van der Waals surface area contributed by atoms with Crippen LogP contribution in [-0.4, -0.2) is 22.7 Å². The number of amides is 1. The van der Waals surface area contributed by atoms with Crippen LogP contribution < -0.4 is 15.4 Å². The van der Waals surface area contributed by atoms with Gasteiger partial charge in [-0.1, -0.05) is 48.0 Å². The van der Waals surface area contributed by atoms with Crippen molar-refractivity contribution in [2.75, 3.05) is 17.2 Å². The zero-order valence-electron chi connectivity index (χ0n) is 13.9. The Morgan fingerprint density at radius 2 is 1.62 bits per heavy atom. The van der Waals surface area contributed by atoms with Gasteiger partial charge in [-0.2, -0.15) is 0 Å². The molecule has 1 heterocycles. The molecule has 0 spiro atoms. The predicted molar refractivity (Wildman–Crippen MR) is 101 cm³/mol. The van der Waals surface area contributed by atoms with Crippen LogP contribution in [0.2, 0.25) is 5.02 Å². The Morgan fingerprint density at radius 1 is 0.923 bits per heavy atom. The number of ether oxygens (including phenoxy) is 1. The standard InChI is InChI=1S/C19H17ClN4O2/c20-16-9-5-4-6-14(16)12-21-17-10-11-18(24-23-17)22-19(25)13-26-15-7-2-1-3-8-15/h1-11H,12-13H2,(H,21,23)(H,22,24,25). The second-order valence-electron chi connectivity index (χ2n) is 5.40. The van der Waals surface area contributed by atoms with E-state index in [1.54, 1.807) is 24.3 Å². The summed E-state index contributed by atoms with van der Waals surface area (Å²) in [5, 5.41) is 14.5. The molecule has 0 bridgehead atoms. The second kappa shape index (κ2) is 8.82. The van der Waals surface area contributed by atoms with Crippen molar-refractivity contribution in [1.82, 2.24) is 10.2 Å². The molecule has 0 saturated heterocycles. The molecular formula is C19H17ClN4O2. The van der Waals surface area contributed by atoms with Crippen LogP contribution in [0.15, 0.2) is 66.7 Å². The smallest absolute Gasteiger partial charge is 0.263 e. The van der Waals surface area contributed by atoms with Crippen molar-refractivity contribution in [3.05, 3.63) is 77.3 Å². The molecule has 132 valence electrons. The Morgan fingerprint density at radius 3 is 2.35 bits per heavy atom. The molecule has 2 aromatic carbocycles. The largest absolute Gasteiger partial charge is 0.484 e. The third-order valence-electron chi connectivity index (χ3n) is 3.46. The van der Waals surface area contributed by atoms with Gasteiger partial charge in [0.15, 0.2) is 12.4 Å². The number of hydrogen-bond acceptors (Lipinski definition) is 5. The topological polar surface area (TPSA) is 76.1 Å². The molecule has 26 heavy (non-hydrogen) atoms. The molecule has 7 heteroatoms. The number of halogens is 1. The summed E-state index contributed by atoms with van der Waals surface area (Å²) in [6.45, 7) is 0.434. The molecule has 0 aliphatic heterocycles. The lowest BCUT2D eigenvalue weighted by molar-refractivity contribution is -0.118. The number of nitrogens with one attached hydrogen (secondary N) is 2. The fraction of sp³-hybridized carbons (Fsp3) is 0.105. The highest BCUT2D eigenvalue weighted by molar-refractivity contribution is 6.31. The molecule has 6 nitrogen and oxygen atoms in total. The zero-order chi connectivity index (χ0) is 18.2. The van der Waals surface area contributed by atoms with E-state index < -0.39 is 0 Å². The number of rotatable bonds is 7. The first-order valence-corrected chi connectivity index (χ1v) is 8.37. The van der Waals surface area contributed by atoms with Crippen LogP contribution in [0.5, 0.6) is 5.75 Å². The first-order chi connectivity index (χ1) is 12.7. The maximum atomic E-state index is 11.9. The minimum atomic E-state index is -0.306. The molecule has 0 atom stereocenters. The number of hydrogen-bond donors (Lipinski definition) is 2. The molecule has 0 fully saturated rings. The zero-order valence-corrected chi connectivity index (χ0v) is 14.6. The Labute approximate surface area is 156 Å². The summed E-state index contributed by atoms with van der Waals surface area (Å²) < 4.78 is 5.38.